The van der Waals surface area contributed by atoms with E-state index in [1.165, 1.54) is 12.1 Å². The molecular weight excluding hydrogens is 316 g/mol. The lowest BCUT2D eigenvalue weighted by Crippen LogP contribution is -1.96. The minimum absolute atomic E-state index is 0.0581. The van der Waals surface area contributed by atoms with Crippen molar-refractivity contribution < 1.29 is 4.92 Å². The van der Waals surface area contributed by atoms with Crippen LogP contribution < -0.4 is 11.1 Å². The Morgan fingerprint density at radius 3 is 2.40 bits per heavy atom. The molecule has 0 aliphatic rings. The van der Waals surface area contributed by atoms with Crippen molar-refractivity contribution in [3.8, 4) is 0 Å². The van der Waals surface area contributed by atoms with Gasteiger partial charge < -0.3 is 11.1 Å². The molecule has 4 rings (SSSR count). The first-order valence-electron chi connectivity index (χ1n) is 7.71. The Morgan fingerprint density at radius 1 is 0.920 bits per heavy atom. The van der Waals surface area contributed by atoms with Crippen molar-refractivity contribution in [3.05, 3.63) is 76.8 Å². The molecule has 0 saturated carbocycles. The summed E-state index contributed by atoms with van der Waals surface area (Å²) >= 11 is 0. The van der Waals surface area contributed by atoms with E-state index in [-0.39, 0.29) is 5.69 Å². The summed E-state index contributed by atoms with van der Waals surface area (Å²) in [6, 6.07) is 19.8. The topological polar surface area (TPSA) is 94.1 Å². The molecule has 0 saturated heterocycles. The summed E-state index contributed by atoms with van der Waals surface area (Å²) in [5.41, 5.74) is 9.91. The van der Waals surface area contributed by atoms with Gasteiger partial charge in [-0.05, 0) is 36.4 Å². The first kappa shape index (κ1) is 14.9. The lowest BCUT2D eigenvalue weighted by molar-refractivity contribution is -0.384. The molecule has 0 aliphatic heterocycles. The molecule has 3 aromatic carbocycles. The van der Waals surface area contributed by atoms with Gasteiger partial charge in [0.2, 0.25) is 0 Å². The lowest BCUT2D eigenvalue weighted by Gasteiger charge is -2.13. The van der Waals surface area contributed by atoms with Crippen molar-refractivity contribution in [2.75, 3.05) is 11.1 Å². The second-order valence-corrected chi connectivity index (χ2v) is 5.71. The zero-order valence-corrected chi connectivity index (χ0v) is 13.1. The average Bonchev–Trinajstić information content (AvgIpc) is 2.61. The standard InChI is InChI=1S/C19H14N4O2/c20-12-5-10-16-18(11-12)22-17-4-2-1-3-15(17)19(16)21-13-6-8-14(9-7-13)23(24)25/h1-11H,20H2,(H,21,22). The van der Waals surface area contributed by atoms with Gasteiger partial charge >= 0.3 is 0 Å². The number of nitro benzene ring substituents is 1. The molecular formula is C19H14N4O2. The van der Waals surface area contributed by atoms with Crippen LogP contribution in [-0.4, -0.2) is 9.91 Å². The summed E-state index contributed by atoms with van der Waals surface area (Å²) in [4.78, 5) is 15.1. The highest BCUT2D eigenvalue weighted by molar-refractivity contribution is 6.09. The van der Waals surface area contributed by atoms with Gasteiger partial charge in [-0.3, -0.25) is 10.1 Å². The molecule has 0 atom stereocenters. The highest BCUT2D eigenvalue weighted by Gasteiger charge is 2.10. The smallest absolute Gasteiger partial charge is 0.269 e. The first-order chi connectivity index (χ1) is 12.1. The summed E-state index contributed by atoms with van der Waals surface area (Å²) in [5, 5.41) is 16.1. The van der Waals surface area contributed by atoms with Crippen molar-refractivity contribution in [2.45, 2.75) is 0 Å². The summed E-state index contributed by atoms with van der Waals surface area (Å²) in [5.74, 6) is 0. The van der Waals surface area contributed by atoms with E-state index >= 15 is 0 Å². The van der Waals surface area contributed by atoms with Crippen molar-refractivity contribution >= 4 is 44.6 Å². The largest absolute Gasteiger partial charge is 0.399 e. The molecule has 1 aromatic heterocycles. The molecule has 0 bridgehead atoms. The van der Waals surface area contributed by atoms with Crippen LogP contribution in [0, 0.1) is 10.1 Å². The third-order valence-corrected chi connectivity index (χ3v) is 4.05. The number of nitrogen functional groups attached to an aromatic ring is 1. The van der Waals surface area contributed by atoms with E-state index in [4.69, 9.17) is 5.73 Å². The SMILES string of the molecule is Nc1ccc2c(Nc3ccc([N+](=O)[O-])cc3)c3ccccc3nc2c1. The summed E-state index contributed by atoms with van der Waals surface area (Å²) in [6.45, 7) is 0. The van der Waals surface area contributed by atoms with Gasteiger partial charge in [-0.2, -0.15) is 0 Å². The first-order valence-corrected chi connectivity index (χ1v) is 7.71. The van der Waals surface area contributed by atoms with Crippen LogP contribution in [0.2, 0.25) is 0 Å². The number of anilines is 3. The molecule has 3 N–H and O–H groups in total. The number of pyridine rings is 1. The number of nitro groups is 1. The zero-order valence-electron chi connectivity index (χ0n) is 13.1. The molecule has 0 aliphatic carbocycles. The maximum absolute atomic E-state index is 10.8. The van der Waals surface area contributed by atoms with Crippen molar-refractivity contribution in [3.63, 3.8) is 0 Å². The van der Waals surface area contributed by atoms with Crippen molar-refractivity contribution in [2.24, 2.45) is 0 Å². The Labute approximate surface area is 143 Å². The van der Waals surface area contributed by atoms with Crippen LogP contribution in [-0.2, 0) is 0 Å². The number of non-ortho nitro benzene ring substituents is 1. The number of fused-ring (bicyclic) bond motifs is 2. The van der Waals surface area contributed by atoms with Crippen molar-refractivity contribution in [1.82, 2.24) is 4.98 Å². The van der Waals surface area contributed by atoms with Crippen LogP contribution in [0.3, 0.4) is 0 Å². The predicted octanol–water partition coefficient (Wildman–Crippen LogP) is 4.62. The molecule has 6 heteroatoms. The van der Waals surface area contributed by atoms with Crippen LogP contribution in [0.4, 0.5) is 22.7 Å². The lowest BCUT2D eigenvalue weighted by atomic mass is 10.1. The van der Waals surface area contributed by atoms with Gasteiger partial charge in [-0.15, -0.1) is 0 Å². The normalized spacial score (nSPS) is 10.9. The number of benzene rings is 3. The van der Waals surface area contributed by atoms with E-state index < -0.39 is 4.92 Å². The quantitative estimate of drug-likeness (QED) is 0.247. The number of hydrogen-bond donors (Lipinski definition) is 2. The molecule has 122 valence electrons. The molecule has 25 heavy (non-hydrogen) atoms. The van der Waals surface area contributed by atoms with E-state index in [0.29, 0.717) is 5.69 Å². The van der Waals surface area contributed by atoms with Gasteiger partial charge in [-0.25, -0.2) is 4.98 Å². The molecule has 1 heterocycles. The maximum atomic E-state index is 10.8. The minimum atomic E-state index is -0.413. The van der Waals surface area contributed by atoms with Gasteiger partial charge in [-0.1, -0.05) is 18.2 Å². The Hall–Kier alpha value is -3.67. The van der Waals surface area contributed by atoms with E-state index in [0.717, 1.165) is 33.2 Å². The summed E-state index contributed by atoms with van der Waals surface area (Å²) < 4.78 is 0. The zero-order chi connectivity index (χ0) is 17.4. The Bertz CT molecular complexity index is 1110. The van der Waals surface area contributed by atoms with Gasteiger partial charge in [0.15, 0.2) is 0 Å². The molecule has 0 spiro atoms. The minimum Gasteiger partial charge on any atom is -0.399 e. The van der Waals surface area contributed by atoms with Crippen LogP contribution in [0.1, 0.15) is 0 Å². The van der Waals surface area contributed by atoms with E-state index in [1.54, 1.807) is 12.1 Å². The van der Waals surface area contributed by atoms with E-state index in [1.807, 2.05) is 42.5 Å². The number of nitrogens with zero attached hydrogens (tertiary/aromatic N) is 2. The van der Waals surface area contributed by atoms with E-state index in [9.17, 15) is 10.1 Å². The van der Waals surface area contributed by atoms with Gasteiger partial charge in [0, 0.05) is 34.3 Å². The molecule has 6 nitrogen and oxygen atoms in total. The number of nitrogens with one attached hydrogen (secondary N) is 1. The molecule has 0 fully saturated rings. The number of rotatable bonds is 3. The molecule has 0 unspecified atom stereocenters. The van der Waals surface area contributed by atoms with Crippen LogP contribution in [0.25, 0.3) is 21.8 Å². The van der Waals surface area contributed by atoms with Crippen LogP contribution in [0.15, 0.2) is 66.7 Å². The van der Waals surface area contributed by atoms with Gasteiger partial charge in [0.1, 0.15) is 0 Å². The molecule has 4 aromatic rings. The number of nitrogens with two attached hydrogens (primary N) is 1. The second-order valence-electron chi connectivity index (χ2n) is 5.71. The summed E-state index contributed by atoms with van der Waals surface area (Å²) in [6.07, 6.45) is 0. The predicted molar refractivity (Wildman–Crippen MR) is 100 cm³/mol. The Morgan fingerprint density at radius 2 is 1.64 bits per heavy atom. The maximum Gasteiger partial charge on any atom is 0.269 e. The fraction of sp³-hybridized carbons (Fsp3) is 0. The fourth-order valence-corrected chi connectivity index (χ4v) is 2.86. The highest BCUT2D eigenvalue weighted by atomic mass is 16.6. The monoisotopic (exact) mass is 330 g/mol. The average molecular weight is 330 g/mol. The Kier molecular flexibility index (Phi) is 3.43. The number of aromatic nitrogens is 1. The van der Waals surface area contributed by atoms with E-state index in [2.05, 4.69) is 10.3 Å². The second kappa shape index (κ2) is 5.76. The molecule has 0 amide bonds. The van der Waals surface area contributed by atoms with Crippen molar-refractivity contribution in [1.29, 1.82) is 0 Å². The van der Waals surface area contributed by atoms with Crippen LogP contribution >= 0.6 is 0 Å². The number of hydrogen-bond acceptors (Lipinski definition) is 5. The fourth-order valence-electron chi connectivity index (χ4n) is 2.86. The van der Waals surface area contributed by atoms with Gasteiger partial charge in [0.05, 0.1) is 21.6 Å². The highest BCUT2D eigenvalue weighted by Crippen LogP contribution is 2.34. The Balaban J connectivity index is 1.90. The van der Waals surface area contributed by atoms with Crippen LogP contribution in [0.5, 0.6) is 0 Å². The molecule has 0 radical (unpaired) electrons. The third kappa shape index (κ3) is 2.70. The number of para-hydroxylation sites is 1. The third-order valence-electron chi connectivity index (χ3n) is 4.05. The van der Waals surface area contributed by atoms with Gasteiger partial charge in [0.25, 0.3) is 5.69 Å². The summed E-state index contributed by atoms with van der Waals surface area (Å²) in [7, 11) is 0.